The lowest BCUT2D eigenvalue weighted by Crippen LogP contribution is -2.09. The number of phenolic OH excluding ortho intramolecular Hbond substituents is 1. The lowest BCUT2D eigenvalue weighted by Gasteiger charge is -2.18. The summed E-state index contributed by atoms with van der Waals surface area (Å²) in [6.07, 6.45) is 1.74. The van der Waals surface area contributed by atoms with Crippen LogP contribution in [0.4, 0.5) is 4.39 Å². The molecule has 1 aromatic rings. The molecule has 78 valence electrons. The Hall–Kier alpha value is -1.05. The zero-order valence-corrected chi connectivity index (χ0v) is 8.97. The molecule has 0 heterocycles. The second-order valence-corrected chi connectivity index (χ2v) is 4.04. The topological polar surface area (TPSA) is 20.2 Å². The average Bonchev–Trinajstić information content (AvgIpc) is 2.07. The number of alkyl halides is 1. The van der Waals surface area contributed by atoms with Crippen LogP contribution < -0.4 is 0 Å². The Balaban J connectivity index is 3.14. The van der Waals surface area contributed by atoms with Gasteiger partial charge in [-0.1, -0.05) is 31.5 Å². The minimum Gasteiger partial charge on any atom is -0.507 e. The van der Waals surface area contributed by atoms with Crippen LogP contribution >= 0.6 is 0 Å². The van der Waals surface area contributed by atoms with Gasteiger partial charge in [0.15, 0.2) is 0 Å². The van der Waals surface area contributed by atoms with E-state index in [1.165, 1.54) is 13.8 Å². The Bertz CT molecular complexity index is 313. The Morgan fingerprint density at radius 3 is 2.50 bits per heavy atom. The van der Waals surface area contributed by atoms with E-state index in [0.29, 0.717) is 5.56 Å². The van der Waals surface area contributed by atoms with E-state index in [2.05, 4.69) is 0 Å². The third-order valence-electron chi connectivity index (χ3n) is 2.28. The van der Waals surface area contributed by atoms with E-state index >= 15 is 0 Å². The Morgan fingerprint density at radius 1 is 1.36 bits per heavy atom. The third-order valence-corrected chi connectivity index (χ3v) is 2.28. The molecule has 2 heteroatoms. The monoisotopic (exact) mass is 196 g/mol. The normalized spacial score (nSPS) is 11.7. The van der Waals surface area contributed by atoms with E-state index in [1.54, 1.807) is 12.1 Å². The first-order valence-electron chi connectivity index (χ1n) is 4.97. The molecule has 1 aromatic carbocycles. The maximum atomic E-state index is 13.6. The van der Waals surface area contributed by atoms with E-state index < -0.39 is 5.67 Å². The smallest absolute Gasteiger partial charge is 0.134 e. The van der Waals surface area contributed by atoms with Crippen molar-refractivity contribution in [3.63, 3.8) is 0 Å². The summed E-state index contributed by atoms with van der Waals surface area (Å²) in [5, 5.41) is 9.82. The molecule has 1 nitrogen and oxygen atoms in total. The highest BCUT2D eigenvalue weighted by molar-refractivity contribution is 5.43. The molecule has 0 aromatic heterocycles. The largest absolute Gasteiger partial charge is 0.507 e. The highest BCUT2D eigenvalue weighted by atomic mass is 19.1. The standard InChI is InChI=1S/C12H17FO/c1-4-6-9-7-5-8-10(11(9)14)12(2,3)13/h5,7-8,14H,4,6H2,1-3H3. The summed E-state index contributed by atoms with van der Waals surface area (Å²) >= 11 is 0. The summed E-state index contributed by atoms with van der Waals surface area (Å²) in [5.41, 5.74) is -0.271. The van der Waals surface area contributed by atoms with Gasteiger partial charge in [-0.2, -0.15) is 0 Å². The average molecular weight is 196 g/mol. The van der Waals surface area contributed by atoms with Gasteiger partial charge in [0.05, 0.1) is 0 Å². The van der Waals surface area contributed by atoms with Gasteiger partial charge in [-0.25, -0.2) is 4.39 Å². The number of aryl methyl sites for hydroxylation is 1. The number of hydrogen-bond donors (Lipinski definition) is 1. The van der Waals surface area contributed by atoms with Crippen molar-refractivity contribution in [2.24, 2.45) is 0 Å². The summed E-state index contributed by atoms with van der Waals surface area (Å²) in [7, 11) is 0. The van der Waals surface area contributed by atoms with Crippen LogP contribution in [-0.4, -0.2) is 5.11 Å². The lowest BCUT2D eigenvalue weighted by atomic mass is 9.95. The van der Waals surface area contributed by atoms with Crippen molar-refractivity contribution in [2.75, 3.05) is 0 Å². The maximum absolute atomic E-state index is 13.6. The Labute approximate surface area is 84.6 Å². The van der Waals surface area contributed by atoms with E-state index in [1.807, 2.05) is 13.0 Å². The van der Waals surface area contributed by atoms with Crippen molar-refractivity contribution >= 4 is 0 Å². The second kappa shape index (κ2) is 3.99. The third kappa shape index (κ3) is 2.25. The van der Waals surface area contributed by atoms with Crippen LogP contribution in [0.2, 0.25) is 0 Å². The molecule has 0 spiro atoms. The fourth-order valence-corrected chi connectivity index (χ4v) is 1.54. The fourth-order valence-electron chi connectivity index (χ4n) is 1.54. The first kappa shape index (κ1) is 11.0. The van der Waals surface area contributed by atoms with Gasteiger partial charge in [-0.05, 0) is 25.8 Å². The van der Waals surface area contributed by atoms with Crippen LogP contribution in [0.5, 0.6) is 5.75 Å². The van der Waals surface area contributed by atoms with E-state index in [9.17, 15) is 9.50 Å². The predicted octanol–water partition coefficient (Wildman–Crippen LogP) is 3.55. The van der Waals surface area contributed by atoms with Crippen molar-refractivity contribution in [3.8, 4) is 5.75 Å². The van der Waals surface area contributed by atoms with Gasteiger partial charge in [0, 0.05) is 5.56 Å². The Kier molecular flexibility index (Phi) is 3.14. The first-order valence-corrected chi connectivity index (χ1v) is 4.97. The molecule has 0 atom stereocenters. The summed E-state index contributed by atoms with van der Waals surface area (Å²) in [6, 6.07) is 5.27. The lowest BCUT2D eigenvalue weighted by molar-refractivity contribution is 0.214. The summed E-state index contributed by atoms with van der Waals surface area (Å²) in [5.74, 6) is 0.113. The minimum absolute atomic E-state index is 0.113. The van der Waals surface area contributed by atoms with Gasteiger partial charge in [-0.15, -0.1) is 0 Å². The molecule has 0 aliphatic rings. The molecule has 0 bridgehead atoms. The predicted molar refractivity (Wildman–Crippen MR) is 56.2 cm³/mol. The van der Waals surface area contributed by atoms with Crippen LogP contribution in [0.25, 0.3) is 0 Å². The molecule has 14 heavy (non-hydrogen) atoms. The molecular formula is C12H17FO. The molecule has 0 unspecified atom stereocenters. The van der Waals surface area contributed by atoms with E-state index in [-0.39, 0.29) is 5.75 Å². The number of phenols is 1. The number of benzene rings is 1. The Morgan fingerprint density at radius 2 is 2.00 bits per heavy atom. The van der Waals surface area contributed by atoms with Gasteiger partial charge >= 0.3 is 0 Å². The molecule has 1 N–H and O–H groups in total. The first-order chi connectivity index (χ1) is 6.46. The SMILES string of the molecule is CCCc1cccc(C(C)(C)F)c1O. The molecule has 0 amide bonds. The quantitative estimate of drug-likeness (QED) is 0.783. The zero-order valence-electron chi connectivity index (χ0n) is 8.97. The van der Waals surface area contributed by atoms with Crippen LogP contribution in [0.1, 0.15) is 38.3 Å². The van der Waals surface area contributed by atoms with Gasteiger partial charge in [0.2, 0.25) is 0 Å². The summed E-state index contributed by atoms with van der Waals surface area (Å²) < 4.78 is 13.6. The number of para-hydroxylation sites is 1. The number of aromatic hydroxyl groups is 1. The van der Waals surface area contributed by atoms with E-state index in [0.717, 1.165) is 18.4 Å². The molecule has 0 saturated carbocycles. The number of halogens is 1. The van der Waals surface area contributed by atoms with Gasteiger partial charge in [-0.3, -0.25) is 0 Å². The second-order valence-electron chi connectivity index (χ2n) is 4.04. The summed E-state index contributed by atoms with van der Waals surface area (Å²) in [4.78, 5) is 0. The van der Waals surface area contributed by atoms with Crippen LogP contribution in [0.3, 0.4) is 0 Å². The van der Waals surface area contributed by atoms with Crippen LogP contribution in [0.15, 0.2) is 18.2 Å². The molecule has 0 saturated heterocycles. The van der Waals surface area contributed by atoms with Gasteiger partial charge in [0.1, 0.15) is 11.4 Å². The van der Waals surface area contributed by atoms with Crippen molar-refractivity contribution in [2.45, 2.75) is 39.3 Å². The molecule has 0 aliphatic carbocycles. The highest BCUT2D eigenvalue weighted by Crippen LogP contribution is 2.34. The van der Waals surface area contributed by atoms with Crippen LogP contribution in [-0.2, 0) is 12.1 Å². The fraction of sp³-hybridized carbons (Fsp3) is 0.500. The van der Waals surface area contributed by atoms with Crippen LogP contribution in [0, 0.1) is 0 Å². The van der Waals surface area contributed by atoms with Crippen molar-refractivity contribution in [1.29, 1.82) is 0 Å². The van der Waals surface area contributed by atoms with E-state index in [4.69, 9.17) is 0 Å². The van der Waals surface area contributed by atoms with Gasteiger partial charge in [0.25, 0.3) is 0 Å². The zero-order chi connectivity index (χ0) is 10.8. The molecular weight excluding hydrogens is 179 g/mol. The molecule has 0 aliphatic heterocycles. The van der Waals surface area contributed by atoms with Gasteiger partial charge < -0.3 is 5.11 Å². The number of hydrogen-bond acceptors (Lipinski definition) is 1. The maximum Gasteiger partial charge on any atom is 0.134 e. The van der Waals surface area contributed by atoms with Crippen molar-refractivity contribution in [3.05, 3.63) is 29.3 Å². The summed E-state index contributed by atoms with van der Waals surface area (Å²) in [6.45, 7) is 4.95. The molecule has 1 rings (SSSR count). The molecule has 0 fully saturated rings. The van der Waals surface area contributed by atoms with Crippen molar-refractivity contribution < 1.29 is 9.50 Å². The van der Waals surface area contributed by atoms with Crippen molar-refractivity contribution in [1.82, 2.24) is 0 Å². The molecule has 0 radical (unpaired) electrons. The highest BCUT2D eigenvalue weighted by Gasteiger charge is 2.23. The number of rotatable bonds is 3. The minimum atomic E-state index is -1.48.